The van der Waals surface area contributed by atoms with Crippen molar-refractivity contribution in [1.29, 1.82) is 0 Å². The van der Waals surface area contributed by atoms with Gasteiger partial charge in [0.05, 0.1) is 6.04 Å². The highest BCUT2D eigenvalue weighted by Crippen LogP contribution is 2.06. The van der Waals surface area contributed by atoms with Gasteiger partial charge in [-0.2, -0.15) is 0 Å². The van der Waals surface area contributed by atoms with Gasteiger partial charge in [0.15, 0.2) is 0 Å². The van der Waals surface area contributed by atoms with E-state index in [9.17, 15) is 4.79 Å². The highest BCUT2D eigenvalue weighted by molar-refractivity contribution is 5.81. The fourth-order valence-electron chi connectivity index (χ4n) is 1.77. The van der Waals surface area contributed by atoms with Crippen molar-refractivity contribution in [1.82, 2.24) is 15.8 Å². The second kappa shape index (κ2) is 6.08. The van der Waals surface area contributed by atoms with Crippen LogP contribution in [0.15, 0.2) is 0 Å². The lowest BCUT2D eigenvalue weighted by molar-refractivity contribution is -0.124. The molecule has 15 heavy (non-hydrogen) atoms. The fourth-order valence-corrected chi connectivity index (χ4v) is 1.77. The van der Waals surface area contributed by atoms with Gasteiger partial charge in [-0.25, -0.2) is 10.4 Å². The molecule has 1 heterocycles. The molecule has 0 aromatic rings. The van der Waals surface area contributed by atoms with Gasteiger partial charge in [-0.3, -0.25) is 4.79 Å². The molecule has 1 rings (SSSR count). The summed E-state index contributed by atoms with van der Waals surface area (Å²) < 4.78 is 0. The van der Waals surface area contributed by atoms with Crippen molar-refractivity contribution in [3.8, 4) is 0 Å². The van der Waals surface area contributed by atoms with Crippen LogP contribution in [-0.4, -0.2) is 36.1 Å². The van der Waals surface area contributed by atoms with E-state index in [0.29, 0.717) is 0 Å². The van der Waals surface area contributed by atoms with Gasteiger partial charge in [-0.1, -0.05) is 6.42 Å². The third-order valence-corrected chi connectivity index (χ3v) is 2.56. The summed E-state index contributed by atoms with van der Waals surface area (Å²) in [6.07, 6.45) is 3.77. The maximum absolute atomic E-state index is 11.6. The van der Waals surface area contributed by atoms with E-state index in [4.69, 9.17) is 0 Å². The zero-order chi connectivity index (χ0) is 11.3. The van der Waals surface area contributed by atoms with Crippen LogP contribution in [0.25, 0.3) is 0 Å². The van der Waals surface area contributed by atoms with Crippen molar-refractivity contribution in [3.05, 3.63) is 0 Å². The predicted octanol–water partition coefficient (Wildman–Crippen LogP) is 0.890. The van der Waals surface area contributed by atoms with Gasteiger partial charge in [0.25, 0.3) is 0 Å². The quantitative estimate of drug-likeness (QED) is 0.729. The third-order valence-electron chi connectivity index (χ3n) is 2.56. The lowest BCUT2D eigenvalue weighted by atomic mass is 10.2. The van der Waals surface area contributed by atoms with E-state index >= 15 is 0 Å². The highest BCUT2D eigenvalue weighted by atomic mass is 16.2. The van der Waals surface area contributed by atoms with Crippen LogP contribution in [0.2, 0.25) is 0 Å². The Hall–Kier alpha value is -0.610. The molecule has 0 spiro atoms. The van der Waals surface area contributed by atoms with E-state index in [-0.39, 0.29) is 18.0 Å². The first-order valence-electron chi connectivity index (χ1n) is 5.91. The maximum atomic E-state index is 11.6. The zero-order valence-electron chi connectivity index (χ0n) is 10.0. The molecule has 4 heteroatoms. The first-order valence-corrected chi connectivity index (χ1v) is 5.91. The van der Waals surface area contributed by atoms with Gasteiger partial charge in [0.1, 0.15) is 0 Å². The number of hydrogen-bond donors (Lipinski definition) is 2. The topological polar surface area (TPSA) is 44.4 Å². The van der Waals surface area contributed by atoms with Crippen LogP contribution in [0.4, 0.5) is 0 Å². The van der Waals surface area contributed by atoms with Gasteiger partial charge in [-0.05, 0) is 33.6 Å². The monoisotopic (exact) mass is 213 g/mol. The average molecular weight is 213 g/mol. The number of carbonyl (C=O) groups excluding carboxylic acids is 1. The number of hydrogen-bond acceptors (Lipinski definition) is 3. The van der Waals surface area contributed by atoms with E-state index in [0.717, 1.165) is 13.1 Å². The number of amides is 1. The first-order chi connectivity index (χ1) is 7.09. The third kappa shape index (κ3) is 4.62. The Morgan fingerprint density at radius 2 is 1.73 bits per heavy atom. The second-order valence-electron chi connectivity index (χ2n) is 4.56. The standard InChI is InChI=1S/C11H23N3O/c1-9(2)12-11(15)10(3)13-14-7-5-4-6-8-14/h9-10,13H,4-8H2,1-3H3,(H,12,15). The van der Waals surface area contributed by atoms with Crippen LogP contribution < -0.4 is 10.7 Å². The molecule has 0 aromatic heterocycles. The van der Waals surface area contributed by atoms with Gasteiger partial charge in [-0.15, -0.1) is 0 Å². The normalized spacial score (nSPS) is 20.3. The Labute approximate surface area is 92.4 Å². The molecule has 0 aliphatic carbocycles. The summed E-state index contributed by atoms with van der Waals surface area (Å²) in [5.41, 5.74) is 3.25. The Kier molecular flexibility index (Phi) is 5.05. The van der Waals surface area contributed by atoms with Gasteiger partial charge in [0, 0.05) is 19.1 Å². The van der Waals surface area contributed by atoms with Crippen molar-refractivity contribution in [2.45, 2.75) is 52.1 Å². The molecule has 1 aliphatic heterocycles. The molecule has 1 atom stereocenters. The van der Waals surface area contributed by atoms with Crippen molar-refractivity contribution in [2.24, 2.45) is 0 Å². The molecule has 1 saturated heterocycles. The van der Waals surface area contributed by atoms with Gasteiger partial charge < -0.3 is 5.32 Å². The molecule has 1 fully saturated rings. The molecule has 1 unspecified atom stereocenters. The minimum Gasteiger partial charge on any atom is -0.353 e. The molecule has 88 valence electrons. The lowest BCUT2D eigenvalue weighted by Crippen LogP contribution is -2.52. The van der Waals surface area contributed by atoms with E-state index < -0.39 is 0 Å². The summed E-state index contributed by atoms with van der Waals surface area (Å²) in [7, 11) is 0. The van der Waals surface area contributed by atoms with Crippen LogP contribution in [-0.2, 0) is 4.79 Å². The minimum absolute atomic E-state index is 0.0792. The van der Waals surface area contributed by atoms with E-state index in [1.807, 2.05) is 20.8 Å². The van der Waals surface area contributed by atoms with Crippen LogP contribution in [0.5, 0.6) is 0 Å². The zero-order valence-corrected chi connectivity index (χ0v) is 10.0. The van der Waals surface area contributed by atoms with Crippen LogP contribution in [0.1, 0.15) is 40.0 Å². The molecule has 0 aromatic carbocycles. The van der Waals surface area contributed by atoms with Crippen molar-refractivity contribution in [3.63, 3.8) is 0 Å². The fraction of sp³-hybridized carbons (Fsp3) is 0.909. The Bertz CT molecular complexity index is 200. The Balaban J connectivity index is 2.26. The van der Waals surface area contributed by atoms with Crippen LogP contribution >= 0.6 is 0 Å². The van der Waals surface area contributed by atoms with E-state index in [2.05, 4.69) is 15.8 Å². The molecule has 1 amide bonds. The van der Waals surface area contributed by atoms with E-state index in [1.54, 1.807) is 0 Å². The van der Waals surface area contributed by atoms with Crippen LogP contribution in [0.3, 0.4) is 0 Å². The number of nitrogens with one attached hydrogen (secondary N) is 2. The van der Waals surface area contributed by atoms with E-state index in [1.165, 1.54) is 19.3 Å². The molecule has 1 aliphatic rings. The number of rotatable bonds is 4. The summed E-state index contributed by atoms with van der Waals surface area (Å²) in [6.45, 7) is 7.97. The van der Waals surface area contributed by atoms with Crippen molar-refractivity contribution < 1.29 is 4.79 Å². The molecular weight excluding hydrogens is 190 g/mol. The molecule has 0 radical (unpaired) electrons. The summed E-state index contributed by atoms with van der Waals surface area (Å²) >= 11 is 0. The predicted molar refractivity (Wildman–Crippen MR) is 61.3 cm³/mol. The SMILES string of the molecule is CC(C)NC(=O)C(C)NN1CCCCC1. The smallest absolute Gasteiger partial charge is 0.238 e. The molecular formula is C11H23N3O. The summed E-state index contributed by atoms with van der Waals surface area (Å²) in [5.74, 6) is 0.0792. The number of piperidine rings is 1. The number of hydrazine groups is 1. The van der Waals surface area contributed by atoms with Crippen LogP contribution in [0, 0.1) is 0 Å². The first kappa shape index (κ1) is 12.5. The minimum atomic E-state index is -0.134. The maximum Gasteiger partial charge on any atom is 0.238 e. The lowest BCUT2D eigenvalue weighted by Gasteiger charge is -2.30. The molecule has 4 nitrogen and oxygen atoms in total. The average Bonchev–Trinajstić information content (AvgIpc) is 2.18. The number of nitrogens with zero attached hydrogens (tertiary/aromatic N) is 1. The van der Waals surface area contributed by atoms with Gasteiger partial charge >= 0.3 is 0 Å². The summed E-state index contributed by atoms with van der Waals surface area (Å²) in [6, 6.07) is 0.0774. The summed E-state index contributed by atoms with van der Waals surface area (Å²) in [5, 5.41) is 5.06. The number of carbonyl (C=O) groups is 1. The second-order valence-corrected chi connectivity index (χ2v) is 4.56. The molecule has 2 N–H and O–H groups in total. The Morgan fingerprint density at radius 3 is 2.27 bits per heavy atom. The molecule has 0 bridgehead atoms. The summed E-state index contributed by atoms with van der Waals surface area (Å²) in [4.78, 5) is 11.6. The van der Waals surface area contributed by atoms with Gasteiger partial charge in [0.2, 0.25) is 5.91 Å². The van der Waals surface area contributed by atoms with Crippen molar-refractivity contribution >= 4 is 5.91 Å². The van der Waals surface area contributed by atoms with Crippen molar-refractivity contribution in [2.75, 3.05) is 13.1 Å². The largest absolute Gasteiger partial charge is 0.353 e. The molecule has 0 saturated carbocycles. The Morgan fingerprint density at radius 1 is 1.13 bits per heavy atom. The highest BCUT2D eigenvalue weighted by Gasteiger charge is 2.17.